The maximum Gasteiger partial charge on any atom is 0.314 e. The molecule has 178 valence electrons. The Morgan fingerprint density at radius 1 is 1.27 bits per heavy atom. The second-order valence-corrected chi connectivity index (χ2v) is 7.98. The minimum atomic E-state index is -3.01. The van der Waals surface area contributed by atoms with Gasteiger partial charge < -0.3 is 9.32 Å². The van der Waals surface area contributed by atoms with Gasteiger partial charge in [0.1, 0.15) is 6.04 Å². The summed E-state index contributed by atoms with van der Waals surface area (Å²) in [6, 6.07) is 3.45. The highest BCUT2D eigenvalue weighted by molar-refractivity contribution is 5.99. The standard InChI is InChI=1S/C21H23F4N5O3/c1-3-28(4-2)20(32)15-10-21(24,25)7-8-29(15)30-11-13-6-5-12(9-14(13)19(30)31)17-26-27-18(33-17)16(22)23/h5-6,9,15-16H,3-4,7-8,10-11H2,1-2H3. The van der Waals surface area contributed by atoms with E-state index < -0.39 is 48.9 Å². The summed E-state index contributed by atoms with van der Waals surface area (Å²) in [5.74, 6) is -4.91. The molecular weight excluding hydrogens is 446 g/mol. The summed E-state index contributed by atoms with van der Waals surface area (Å²) in [4.78, 5) is 27.7. The van der Waals surface area contributed by atoms with Crippen molar-refractivity contribution in [2.24, 2.45) is 0 Å². The molecule has 0 saturated carbocycles. The molecule has 2 aliphatic rings. The topological polar surface area (TPSA) is 82.8 Å². The fourth-order valence-corrected chi connectivity index (χ4v) is 4.24. The van der Waals surface area contributed by atoms with Crippen LogP contribution < -0.4 is 0 Å². The summed E-state index contributed by atoms with van der Waals surface area (Å²) in [5.41, 5.74) is 1.16. The molecule has 1 atom stereocenters. The number of fused-ring (bicyclic) bond motifs is 1. The maximum atomic E-state index is 14.2. The molecule has 3 heterocycles. The van der Waals surface area contributed by atoms with Crippen molar-refractivity contribution in [1.29, 1.82) is 0 Å². The van der Waals surface area contributed by atoms with Gasteiger partial charge in [0.05, 0.1) is 6.54 Å². The molecule has 1 aromatic heterocycles. The minimum absolute atomic E-state index is 0.105. The lowest BCUT2D eigenvalue weighted by molar-refractivity contribution is -0.165. The van der Waals surface area contributed by atoms with E-state index >= 15 is 0 Å². The molecule has 0 N–H and O–H groups in total. The number of halogens is 4. The lowest BCUT2D eigenvalue weighted by Gasteiger charge is -2.44. The third-order valence-electron chi connectivity index (χ3n) is 6.00. The van der Waals surface area contributed by atoms with Crippen LogP contribution in [-0.4, -0.2) is 68.5 Å². The number of likely N-dealkylation sites (N-methyl/N-ethyl adjacent to an activating group) is 1. The summed E-state index contributed by atoms with van der Waals surface area (Å²) < 4.78 is 58.9. The van der Waals surface area contributed by atoms with E-state index in [1.54, 1.807) is 26.0 Å². The Morgan fingerprint density at radius 3 is 2.64 bits per heavy atom. The molecule has 1 saturated heterocycles. The summed E-state index contributed by atoms with van der Waals surface area (Å²) in [6.45, 7) is 4.22. The minimum Gasteiger partial charge on any atom is -0.415 e. The molecule has 2 amide bonds. The predicted molar refractivity (Wildman–Crippen MR) is 107 cm³/mol. The van der Waals surface area contributed by atoms with Crippen LogP contribution in [0.5, 0.6) is 0 Å². The fourth-order valence-electron chi connectivity index (χ4n) is 4.24. The zero-order valence-corrected chi connectivity index (χ0v) is 18.1. The fraction of sp³-hybridized carbons (Fsp3) is 0.524. The summed E-state index contributed by atoms with van der Waals surface area (Å²) in [5, 5.41) is 9.62. The third kappa shape index (κ3) is 4.31. The first kappa shape index (κ1) is 23.1. The normalized spacial score (nSPS) is 20.4. The molecule has 33 heavy (non-hydrogen) atoms. The van der Waals surface area contributed by atoms with Gasteiger partial charge in [0.2, 0.25) is 11.8 Å². The van der Waals surface area contributed by atoms with Crippen molar-refractivity contribution in [1.82, 2.24) is 25.1 Å². The zero-order valence-electron chi connectivity index (χ0n) is 18.1. The number of hydrogen-bond donors (Lipinski definition) is 0. The lowest BCUT2D eigenvalue weighted by Crippen LogP contribution is -2.60. The van der Waals surface area contributed by atoms with E-state index in [0.29, 0.717) is 18.7 Å². The Kier molecular flexibility index (Phi) is 6.12. The molecule has 2 aromatic rings. The van der Waals surface area contributed by atoms with Gasteiger partial charge in [0, 0.05) is 43.6 Å². The number of carbonyl (C=O) groups excluding carboxylic acids is 2. The zero-order chi connectivity index (χ0) is 23.9. The van der Waals surface area contributed by atoms with Gasteiger partial charge in [-0.1, -0.05) is 6.07 Å². The quantitative estimate of drug-likeness (QED) is 0.603. The smallest absolute Gasteiger partial charge is 0.314 e. The second kappa shape index (κ2) is 8.73. The largest absolute Gasteiger partial charge is 0.415 e. The highest BCUT2D eigenvalue weighted by Gasteiger charge is 2.48. The Hall–Kier alpha value is -3.02. The van der Waals surface area contributed by atoms with Crippen LogP contribution in [0.15, 0.2) is 22.6 Å². The van der Waals surface area contributed by atoms with E-state index in [1.807, 2.05) is 0 Å². The van der Waals surface area contributed by atoms with Crippen LogP contribution in [0, 0.1) is 0 Å². The molecule has 12 heteroatoms. The molecular formula is C21H23F4N5O3. The molecule has 0 spiro atoms. The highest BCUT2D eigenvalue weighted by Crippen LogP contribution is 2.37. The Morgan fingerprint density at radius 2 is 2.00 bits per heavy atom. The average molecular weight is 469 g/mol. The highest BCUT2D eigenvalue weighted by atomic mass is 19.3. The van der Waals surface area contributed by atoms with Gasteiger partial charge in [0.25, 0.3) is 17.7 Å². The first-order valence-corrected chi connectivity index (χ1v) is 10.6. The number of aromatic nitrogens is 2. The van der Waals surface area contributed by atoms with Crippen LogP contribution in [0.4, 0.5) is 17.6 Å². The van der Waals surface area contributed by atoms with Crippen molar-refractivity contribution in [2.75, 3.05) is 19.6 Å². The van der Waals surface area contributed by atoms with E-state index in [4.69, 9.17) is 4.42 Å². The van der Waals surface area contributed by atoms with E-state index in [1.165, 1.54) is 21.0 Å². The van der Waals surface area contributed by atoms with E-state index in [0.717, 1.165) is 0 Å². The van der Waals surface area contributed by atoms with Gasteiger partial charge in [-0.2, -0.15) is 8.78 Å². The third-order valence-corrected chi connectivity index (χ3v) is 6.00. The van der Waals surface area contributed by atoms with Gasteiger partial charge in [-0.05, 0) is 31.5 Å². The van der Waals surface area contributed by atoms with Gasteiger partial charge in [-0.3, -0.25) is 14.6 Å². The number of hydrogen-bond acceptors (Lipinski definition) is 6. The SMILES string of the molecule is CCN(CC)C(=O)C1CC(F)(F)CCN1N1Cc2ccc(-c3nnc(C(F)F)o3)cc2C1=O. The van der Waals surface area contributed by atoms with Gasteiger partial charge in [-0.15, -0.1) is 10.2 Å². The predicted octanol–water partition coefficient (Wildman–Crippen LogP) is 3.51. The number of benzene rings is 1. The van der Waals surface area contributed by atoms with Crippen LogP contribution in [0.1, 0.15) is 54.9 Å². The first-order chi connectivity index (χ1) is 15.6. The molecule has 1 fully saturated rings. The van der Waals surface area contributed by atoms with Crippen molar-refractivity contribution in [2.45, 2.75) is 51.6 Å². The van der Waals surface area contributed by atoms with E-state index in [9.17, 15) is 27.2 Å². The Bertz CT molecular complexity index is 1060. The average Bonchev–Trinajstić information content (AvgIpc) is 3.39. The van der Waals surface area contributed by atoms with Crippen LogP contribution in [0.2, 0.25) is 0 Å². The van der Waals surface area contributed by atoms with Crippen molar-refractivity contribution in [3.05, 3.63) is 35.2 Å². The van der Waals surface area contributed by atoms with Crippen LogP contribution in [-0.2, 0) is 11.3 Å². The molecule has 0 aliphatic carbocycles. The van der Waals surface area contributed by atoms with E-state index in [2.05, 4.69) is 10.2 Å². The number of alkyl halides is 4. The molecule has 0 radical (unpaired) electrons. The Labute approximate surface area is 187 Å². The maximum absolute atomic E-state index is 14.2. The Balaban J connectivity index is 1.61. The number of nitrogens with zero attached hydrogens (tertiary/aromatic N) is 5. The summed E-state index contributed by atoms with van der Waals surface area (Å²) in [7, 11) is 0. The summed E-state index contributed by atoms with van der Waals surface area (Å²) >= 11 is 0. The van der Waals surface area contributed by atoms with Crippen molar-refractivity contribution in [3.8, 4) is 11.5 Å². The number of piperidine rings is 1. The second-order valence-electron chi connectivity index (χ2n) is 7.98. The lowest BCUT2D eigenvalue weighted by atomic mass is 9.98. The molecule has 4 rings (SSSR count). The molecule has 8 nitrogen and oxygen atoms in total. The molecule has 0 bridgehead atoms. The van der Waals surface area contributed by atoms with Crippen LogP contribution in [0.25, 0.3) is 11.5 Å². The molecule has 1 aromatic carbocycles. The summed E-state index contributed by atoms with van der Waals surface area (Å²) in [6.07, 6.45) is -4.07. The van der Waals surface area contributed by atoms with Crippen LogP contribution >= 0.6 is 0 Å². The molecule has 2 aliphatic heterocycles. The number of rotatable bonds is 6. The number of carbonyl (C=O) groups is 2. The number of hydrazine groups is 1. The van der Waals surface area contributed by atoms with Gasteiger partial charge in [0.15, 0.2) is 0 Å². The van der Waals surface area contributed by atoms with Crippen molar-refractivity contribution >= 4 is 11.8 Å². The monoisotopic (exact) mass is 469 g/mol. The first-order valence-electron chi connectivity index (χ1n) is 10.6. The van der Waals surface area contributed by atoms with Gasteiger partial charge in [-0.25, -0.2) is 13.8 Å². The van der Waals surface area contributed by atoms with Crippen LogP contribution in [0.3, 0.4) is 0 Å². The van der Waals surface area contributed by atoms with Crippen molar-refractivity contribution in [3.63, 3.8) is 0 Å². The van der Waals surface area contributed by atoms with E-state index in [-0.39, 0.29) is 30.1 Å². The molecule has 1 unspecified atom stereocenters. The number of amides is 2. The van der Waals surface area contributed by atoms with Gasteiger partial charge >= 0.3 is 6.43 Å². The van der Waals surface area contributed by atoms with Crippen molar-refractivity contribution < 1.29 is 31.6 Å².